The van der Waals surface area contributed by atoms with Crippen molar-refractivity contribution in [2.45, 2.75) is 37.8 Å². The van der Waals surface area contributed by atoms with Gasteiger partial charge in [0.05, 0.1) is 19.3 Å². The molecule has 1 aromatic rings. The van der Waals surface area contributed by atoms with Crippen LogP contribution in [-0.4, -0.2) is 18.3 Å². The highest BCUT2D eigenvalue weighted by molar-refractivity contribution is 5.32. The second-order valence-electron chi connectivity index (χ2n) is 4.95. The fourth-order valence-corrected chi connectivity index (χ4v) is 2.68. The summed E-state index contributed by atoms with van der Waals surface area (Å²) in [4.78, 5) is 0. The van der Waals surface area contributed by atoms with Crippen molar-refractivity contribution in [2.75, 3.05) is 7.11 Å². The average molecular weight is 253 g/mol. The van der Waals surface area contributed by atoms with Crippen molar-refractivity contribution < 1.29 is 14.2 Å². The van der Waals surface area contributed by atoms with Crippen molar-refractivity contribution in [3.63, 3.8) is 0 Å². The molecule has 0 unspecified atom stereocenters. The molecule has 1 fully saturated rings. The maximum atomic E-state index is 13.8. The van der Waals surface area contributed by atoms with E-state index < -0.39 is 12.1 Å². The van der Waals surface area contributed by atoms with Crippen LogP contribution >= 0.6 is 0 Å². The highest BCUT2D eigenvalue weighted by Gasteiger charge is 2.30. The van der Waals surface area contributed by atoms with Crippen LogP contribution in [0.15, 0.2) is 18.2 Å². The highest BCUT2D eigenvalue weighted by Crippen LogP contribution is 2.33. The van der Waals surface area contributed by atoms with Gasteiger partial charge in [-0.15, -0.1) is 0 Å². The maximum Gasteiger partial charge on any atom is 0.128 e. The molecule has 0 saturated heterocycles. The minimum atomic E-state index is -0.691. The van der Waals surface area contributed by atoms with Gasteiger partial charge in [-0.2, -0.15) is 0 Å². The van der Waals surface area contributed by atoms with Gasteiger partial charge >= 0.3 is 0 Å². The molecule has 3 nitrogen and oxygen atoms in total. The molecule has 100 valence electrons. The summed E-state index contributed by atoms with van der Waals surface area (Å²) < 4.78 is 18.8. The number of halogens is 1. The molecule has 0 heterocycles. The van der Waals surface area contributed by atoms with E-state index in [0.717, 1.165) is 25.7 Å². The third-order valence-corrected chi connectivity index (χ3v) is 3.81. The monoisotopic (exact) mass is 253 g/mol. The number of ether oxygens (including phenoxy) is 1. The summed E-state index contributed by atoms with van der Waals surface area (Å²) in [6.07, 6.45) is 3.50. The first-order valence-electron chi connectivity index (χ1n) is 6.40. The van der Waals surface area contributed by atoms with E-state index in [-0.39, 0.29) is 11.7 Å². The lowest BCUT2D eigenvalue weighted by Crippen LogP contribution is -2.32. The van der Waals surface area contributed by atoms with Gasteiger partial charge in [0.1, 0.15) is 11.6 Å². The molecule has 0 amide bonds. The Bertz CT molecular complexity index is 405. The van der Waals surface area contributed by atoms with Crippen LogP contribution in [0.2, 0.25) is 0 Å². The largest absolute Gasteiger partial charge is 0.497 e. The van der Waals surface area contributed by atoms with Crippen molar-refractivity contribution in [1.29, 1.82) is 0 Å². The first-order valence-corrected chi connectivity index (χ1v) is 6.40. The van der Waals surface area contributed by atoms with Crippen LogP contribution in [0.25, 0.3) is 0 Å². The Morgan fingerprint density at radius 3 is 2.67 bits per heavy atom. The molecule has 0 aromatic heterocycles. The van der Waals surface area contributed by atoms with Crippen LogP contribution in [0.3, 0.4) is 0 Å². The molecular formula is C14H20FNO2. The van der Waals surface area contributed by atoms with Crippen LogP contribution in [-0.2, 0) is 0 Å². The van der Waals surface area contributed by atoms with Crippen LogP contribution < -0.4 is 10.5 Å². The Balaban J connectivity index is 2.18. The first kappa shape index (κ1) is 13.3. The molecule has 3 N–H and O–H groups in total. The normalized spacial score (nSPS) is 19.8. The number of nitrogens with two attached hydrogens (primary N) is 1. The average Bonchev–Trinajstić information content (AvgIpc) is 2.91. The van der Waals surface area contributed by atoms with Crippen molar-refractivity contribution >= 4 is 0 Å². The number of hydrogen-bond acceptors (Lipinski definition) is 3. The minimum Gasteiger partial charge on any atom is -0.497 e. The van der Waals surface area contributed by atoms with Gasteiger partial charge in [-0.1, -0.05) is 12.8 Å². The number of rotatable bonds is 4. The smallest absolute Gasteiger partial charge is 0.128 e. The highest BCUT2D eigenvalue weighted by atomic mass is 19.1. The summed E-state index contributed by atoms with van der Waals surface area (Å²) >= 11 is 0. The van der Waals surface area contributed by atoms with E-state index >= 15 is 0 Å². The van der Waals surface area contributed by atoms with Gasteiger partial charge in [0.15, 0.2) is 0 Å². The van der Waals surface area contributed by atoms with Gasteiger partial charge in [-0.3, -0.25) is 0 Å². The lowest BCUT2D eigenvalue weighted by atomic mass is 9.90. The van der Waals surface area contributed by atoms with Crippen molar-refractivity contribution in [3.05, 3.63) is 29.6 Å². The van der Waals surface area contributed by atoms with E-state index in [2.05, 4.69) is 0 Å². The summed E-state index contributed by atoms with van der Waals surface area (Å²) in [7, 11) is 1.52. The third-order valence-electron chi connectivity index (χ3n) is 3.81. The Hall–Kier alpha value is -1.13. The molecule has 2 rings (SSSR count). The third kappa shape index (κ3) is 2.65. The zero-order valence-electron chi connectivity index (χ0n) is 10.6. The van der Waals surface area contributed by atoms with Crippen LogP contribution in [0.5, 0.6) is 5.75 Å². The molecule has 1 saturated carbocycles. The second-order valence-corrected chi connectivity index (χ2v) is 4.95. The van der Waals surface area contributed by atoms with Gasteiger partial charge in [0.2, 0.25) is 0 Å². The Kier molecular flexibility index (Phi) is 4.19. The molecule has 18 heavy (non-hydrogen) atoms. The number of hydrogen-bond donors (Lipinski definition) is 2. The number of aliphatic hydroxyl groups excluding tert-OH is 1. The van der Waals surface area contributed by atoms with Crippen LogP contribution in [0.1, 0.15) is 37.3 Å². The van der Waals surface area contributed by atoms with Gasteiger partial charge in [-0.05, 0) is 37.0 Å². The van der Waals surface area contributed by atoms with Crippen molar-refractivity contribution in [3.8, 4) is 5.75 Å². The minimum absolute atomic E-state index is 0.186. The molecule has 0 aliphatic heterocycles. The molecule has 1 aromatic carbocycles. The van der Waals surface area contributed by atoms with Gasteiger partial charge in [0.25, 0.3) is 0 Å². The maximum absolute atomic E-state index is 13.8. The fourth-order valence-electron chi connectivity index (χ4n) is 2.68. The molecule has 4 heteroatoms. The predicted octanol–water partition coefficient (Wildman–Crippen LogP) is 2.39. The van der Waals surface area contributed by atoms with Gasteiger partial charge in [0, 0.05) is 5.56 Å². The van der Waals surface area contributed by atoms with Crippen LogP contribution in [0.4, 0.5) is 4.39 Å². The lowest BCUT2D eigenvalue weighted by molar-refractivity contribution is 0.0832. The molecule has 2 atom stereocenters. The van der Waals surface area contributed by atoms with E-state index in [1.165, 1.54) is 13.2 Å². The molecule has 0 spiro atoms. The van der Waals surface area contributed by atoms with E-state index in [1.54, 1.807) is 12.1 Å². The van der Waals surface area contributed by atoms with Crippen molar-refractivity contribution in [2.24, 2.45) is 11.7 Å². The summed E-state index contributed by atoms with van der Waals surface area (Å²) in [6.45, 7) is 0. The topological polar surface area (TPSA) is 55.5 Å². The Morgan fingerprint density at radius 1 is 1.39 bits per heavy atom. The molecule has 1 aliphatic rings. The molecular weight excluding hydrogens is 233 g/mol. The van der Waals surface area contributed by atoms with Gasteiger partial charge < -0.3 is 15.6 Å². The standard InChI is InChI=1S/C14H20FNO2/c1-18-10-6-7-12(15)11(8-10)13(16)14(17)9-4-2-3-5-9/h6-9,13-14,17H,2-5,16H2,1H3/t13-,14+/m1/s1. The van der Waals surface area contributed by atoms with Crippen molar-refractivity contribution in [1.82, 2.24) is 0 Å². The van der Waals surface area contributed by atoms with E-state index in [9.17, 15) is 9.50 Å². The van der Waals surface area contributed by atoms with E-state index in [0.29, 0.717) is 11.3 Å². The summed E-state index contributed by atoms with van der Waals surface area (Å²) in [6, 6.07) is 3.75. The molecule has 1 aliphatic carbocycles. The fraction of sp³-hybridized carbons (Fsp3) is 0.571. The summed E-state index contributed by atoms with van der Waals surface area (Å²) in [5.41, 5.74) is 6.32. The Morgan fingerprint density at radius 2 is 2.06 bits per heavy atom. The van der Waals surface area contributed by atoms with E-state index in [1.807, 2.05) is 0 Å². The quantitative estimate of drug-likeness (QED) is 0.866. The van der Waals surface area contributed by atoms with E-state index in [4.69, 9.17) is 10.5 Å². The Labute approximate surface area is 107 Å². The predicted molar refractivity (Wildman–Crippen MR) is 67.8 cm³/mol. The zero-order chi connectivity index (χ0) is 13.1. The summed E-state index contributed by atoms with van der Waals surface area (Å²) in [5, 5.41) is 10.2. The number of methoxy groups -OCH3 is 1. The van der Waals surface area contributed by atoms with Gasteiger partial charge in [-0.25, -0.2) is 4.39 Å². The number of benzene rings is 1. The first-order chi connectivity index (χ1) is 8.63. The second kappa shape index (κ2) is 5.67. The molecule has 0 bridgehead atoms. The molecule has 0 radical (unpaired) electrons. The summed E-state index contributed by atoms with van der Waals surface area (Å²) in [5.74, 6) is 0.353. The zero-order valence-corrected chi connectivity index (χ0v) is 10.6. The lowest BCUT2D eigenvalue weighted by Gasteiger charge is -2.25. The van der Waals surface area contributed by atoms with Crippen LogP contribution in [0, 0.1) is 11.7 Å². The number of aliphatic hydroxyl groups is 1. The SMILES string of the molecule is COc1ccc(F)c([C@@H](N)[C@@H](O)C2CCCC2)c1.